The molecule has 3 heterocycles. The van der Waals surface area contributed by atoms with Gasteiger partial charge in [-0.2, -0.15) is 0 Å². The number of methoxy groups -OCH3 is 1. The van der Waals surface area contributed by atoms with Gasteiger partial charge in [-0.1, -0.05) is 58.4 Å². The molecule has 2 aromatic rings. The second-order valence-corrected chi connectivity index (χ2v) is 9.03. The van der Waals surface area contributed by atoms with Crippen molar-refractivity contribution in [2.45, 2.75) is 38.2 Å². The maximum Gasteiger partial charge on any atom is 0.253 e. The van der Waals surface area contributed by atoms with Crippen LogP contribution < -0.4 is 4.74 Å². The van der Waals surface area contributed by atoms with E-state index in [1.165, 1.54) is 0 Å². The number of hydrogen-bond acceptors (Lipinski definition) is 4. The average Bonchev–Trinajstić information content (AvgIpc) is 3.11. The minimum Gasteiger partial charge on any atom is -0.497 e. The zero-order chi connectivity index (χ0) is 21.8. The summed E-state index contributed by atoms with van der Waals surface area (Å²) in [6, 6.07) is 18.1. The van der Waals surface area contributed by atoms with Gasteiger partial charge in [-0.05, 0) is 37.1 Å². The number of likely N-dealkylation sites (tertiary alicyclic amines) is 1. The van der Waals surface area contributed by atoms with Crippen molar-refractivity contribution >= 4 is 27.4 Å². The Bertz CT molecular complexity index is 1080. The number of fused-ring (bicyclic) bond motifs is 3. The Morgan fingerprint density at radius 3 is 2.52 bits per heavy atom. The van der Waals surface area contributed by atoms with Crippen molar-refractivity contribution in [2.24, 2.45) is 0 Å². The molecule has 3 aliphatic rings. The first-order valence-electron chi connectivity index (χ1n) is 10.4. The molecule has 0 spiro atoms. The Hall–Kier alpha value is -2.57. The number of amides is 1. The largest absolute Gasteiger partial charge is 0.497 e. The summed E-state index contributed by atoms with van der Waals surface area (Å²) >= 11 is 3.58. The van der Waals surface area contributed by atoms with Crippen LogP contribution in [0.25, 0.3) is 5.57 Å². The van der Waals surface area contributed by atoms with E-state index in [0.29, 0.717) is 13.2 Å². The van der Waals surface area contributed by atoms with Crippen LogP contribution in [0.5, 0.6) is 5.75 Å². The Morgan fingerprint density at radius 2 is 1.87 bits per heavy atom. The maximum absolute atomic E-state index is 13.5. The highest BCUT2D eigenvalue weighted by molar-refractivity contribution is 9.11. The second kappa shape index (κ2) is 7.53. The highest BCUT2D eigenvalue weighted by atomic mass is 79.9. The van der Waals surface area contributed by atoms with E-state index in [0.717, 1.165) is 33.7 Å². The zero-order valence-corrected chi connectivity index (χ0v) is 19.4. The van der Waals surface area contributed by atoms with Crippen molar-refractivity contribution in [3.8, 4) is 5.75 Å². The number of carbonyl (C=O) groups is 1. The van der Waals surface area contributed by atoms with E-state index in [1.54, 1.807) is 7.11 Å². The number of benzene rings is 2. The van der Waals surface area contributed by atoms with Crippen LogP contribution in [0.15, 0.2) is 70.9 Å². The highest BCUT2D eigenvalue weighted by Crippen LogP contribution is 2.51. The van der Waals surface area contributed by atoms with E-state index < -0.39 is 5.72 Å². The lowest BCUT2D eigenvalue weighted by Gasteiger charge is -2.54. The molecule has 6 heteroatoms. The van der Waals surface area contributed by atoms with Gasteiger partial charge in [0.05, 0.1) is 37.1 Å². The molecule has 0 radical (unpaired) electrons. The molecule has 2 saturated heterocycles. The standard InChI is InChI=1S/C25H25BrN2O3/c1-25(2)28-19(13-26)21(17-7-5-4-6-8-17)22-23(20(28)15-31-25)27(24(22)29)14-16-9-11-18(30-3)12-10-16/h4-13,20,23H,14-15H2,1-3H3/b19-13-/t20?,23-/m1/s1. The van der Waals surface area contributed by atoms with Crippen molar-refractivity contribution in [3.63, 3.8) is 0 Å². The third kappa shape index (κ3) is 3.12. The van der Waals surface area contributed by atoms with Gasteiger partial charge in [0.1, 0.15) is 11.5 Å². The number of halogens is 1. The monoisotopic (exact) mass is 480 g/mol. The van der Waals surface area contributed by atoms with Crippen molar-refractivity contribution in [1.29, 1.82) is 0 Å². The van der Waals surface area contributed by atoms with Crippen LogP contribution in [-0.4, -0.2) is 47.2 Å². The quantitative estimate of drug-likeness (QED) is 0.602. The Morgan fingerprint density at radius 1 is 1.16 bits per heavy atom. The van der Waals surface area contributed by atoms with Gasteiger partial charge in [0.25, 0.3) is 5.91 Å². The molecule has 5 nitrogen and oxygen atoms in total. The molecule has 2 aromatic carbocycles. The average molecular weight is 481 g/mol. The van der Waals surface area contributed by atoms with Crippen LogP contribution in [0.4, 0.5) is 0 Å². The van der Waals surface area contributed by atoms with E-state index in [4.69, 9.17) is 9.47 Å². The predicted octanol–water partition coefficient (Wildman–Crippen LogP) is 4.55. The zero-order valence-electron chi connectivity index (χ0n) is 17.8. The fraction of sp³-hybridized carbons (Fsp3) is 0.320. The SMILES string of the molecule is COc1ccc(CN2C(=O)C3=C(c4ccccc4)/C(=C/Br)N4C(COC4(C)C)[C@H]32)cc1. The minimum absolute atomic E-state index is 0.0113. The van der Waals surface area contributed by atoms with Crippen LogP contribution >= 0.6 is 15.9 Å². The summed E-state index contributed by atoms with van der Waals surface area (Å²) in [5, 5.41) is 0. The van der Waals surface area contributed by atoms with E-state index in [9.17, 15) is 4.79 Å². The maximum atomic E-state index is 13.5. The van der Waals surface area contributed by atoms with Gasteiger partial charge < -0.3 is 19.3 Å². The van der Waals surface area contributed by atoms with Crippen molar-refractivity contribution in [2.75, 3.05) is 13.7 Å². The minimum atomic E-state index is -0.458. The molecule has 2 atom stereocenters. The molecule has 31 heavy (non-hydrogen) atoms. The number of rotatable bonds is 4. The Labute approximate surface area is 191 Å². The van der Waals surface area contributed by atoms with Crippen LogP contribution in [0.1, 0.15) is 25.0 Å². The first kappa shape index (κ1) is 20.3. The molecule has 160 valence electrons. The number of allylic oxidation sites excluding steroid dienone is 1. The lowest BCUT2D eigenvalue weighted by molar-refractivity contribution is -0.140. The van der Waals surface area contributed by atoms with E-state index in [-0.39, 0.29) is 18.0 Å². The number of carbonyl (C=O) groups excluding carboxylic acids is 1. The molecule has 0 bridgehead atoms. The number of nitrogens with zero attached hydrogens (tertiary/aromatic N) is 2. The van der Waals surface area contributed by atoms with Gasteiger partial charge in [-0.15, -0.1) is 0 Å². The summed E-state index contributed by atoms with van der Waals surface area (Å²) in [5.74, 6) is 0.906. The van der Waals surface area contributed by atoms with Crippen molar-refractivity contribution in [3.05, 3.63) is 82.0 Å². The van der Waals surface area contributed by atoms with Gasteiger partial charge in [0.15, 0.2) is 0 Å². The predicted molar refractivity (Wildman–Crippen MR) is 123 cm³/mol. The van der Waals surface area contributed by atoms with Crippen LogP contribution in [0, 0.1) is 0 Å². The van der Waals surface area contributed by atoms with Crippen LogP contribution in [0.3, 0.4) is 0 Å². The summed E-state index contributed by atoms with van der Waals surface area (Å²) in [6.07, 6.45) is 0. The normalized spacial score (nSPS) is 25.4. The number of β-lactam (4-membered cyclic amide) rings is 1. The van der Waals surface area contributed by atoms with E-state index in [1.807, 2.05) is 52.3 Å². The Balaban J connectivity index is 1.59. The molecule has 0 aromatic heterocycles. The molecule has 3 aliphatic heterocycles. The van der Waals surface area contributed by atoms with Crippen molar-refractivity contribution in [1.82, 2.24) is 9.80 Å². The van der Waals surface area contributed by atoms with Gasteiger partial charge in [-0.3, -0.25) is 4.79 Å². The highest BCUT2D eigenvalue weighted by Gasteiger charge is 2.59. The summed E-state index contributed by atoms with van der Waals surface area (Å²) < 4.78 is 11.5. The fourth-order valence-electron chi connectivity index (χ4n) is 5.06. The van der Waals surface area contributed by atoms with Gasteiger partial charge >= 0.3 is 0 Å². The van der Waals surface area contributed by atoms with Crippen LogP contribution in [0.2, 0.25) is 0 Å². The summed E-state index contributed by atoms with van der Waals surface area (Å²) in [7, 11) is 1.66. The molecule has 0 saturated carbocycles. The smallest absolute Gasteiger partial charge is 0.253 e. The molecular formula is C25H25BrN2O3. The van der Waals surface area contributed by atoms with Crippen molar-refractivity contribution < 1.29 is 14.3 Å². The molecule has 2 fully saturated rings. The number of ether oxygens (including phenoxy) is 2. The summed E-state index contributed by atoms with van der Waals surface area (Å²) in [4.78, 5) is 19.7. The summed E-state index contributed by atoms with van der Waals surface area (Å²) in [5.41, 5.74) is 4.55. The molecule has 1 unspecified atom stereocenters. The first-order chi connectivity index (χ1) is 15.0. The van der Waals surface area contributed by atoms with Gasteiger partial charge in [-0.25, -0.2) is 0 Å². The summed E-state index contributed by atoms with van der Waals surface area (Å²) in [6.45, 7) is 5.33. The molecule has 0 N–H and O–H groups in total. The lowest BCUT2D eigenvalue weighted by atomic mass is 9.77. The first-order valence-corrected chi connectivity index (χ1v) is 11.4. The number of hydrogen-bond donors (Lipinski definition) is 0. The Kier molecular flexibility index (Phi) is 4.94. The van der Waals surface area contributed by atoms with E-state index >= 15 is 0 Å². The van der Waals surface area contributed by atoms with Gasteiger partial charge in [0, 0.05) is 17.1 Å². The molecular weight excluding hydrogens is 456 g/mol. The van der Waals surface area contributed by atoms with Gasteiger partial charge in [0.2, 0.25) is 0 Å². The molecule has 5 rings (SSSR count). The topological polar surface area (TPSA) is 42.0 Å². The third-order valence-electron chi connectivity index (χ3n) is 6.47. The molecule has 0 aliphatic carbocycles. The third-order valence-corrected chi connectivity index (χ3v) is 6.90. The van der Waals surface area contributed by atoms with E-state index in [2.05, 4.69) is 46.8 Å². The lowest BCUT2D eigenvalue weighted by Crippen LogP contribution is -2.66. The second-order valence-electron chi connectivity index (χ2n) is 8.57. The van der Waals surface area contributed by atoms with Crippen LogP contribution in [-0.2, 0) is 16.1 Å². The fourth-order valence-corrected chi connectivity index (χ4v) is 5.51. The molecule has 1 amide bonds.